The predicted octanol–water partition coefficient (Wildman–Crippen LogP) is 5.09. The highest BCUT2D eigenvalue weighted by atomic mass is 16.7. The highest BCUT2D eigenvalue weighted by Gasteiger charge is 2.53. The molecule has 4 aromatic rings. The van der Waals surface area contributed by atoms with Crippen LogP contribution in [0.1, 0.15) is 54.7 Å². The Kier molecular flexibility index (Phi) is 13.2. The number of esters is 4. The van der Waals surface area contributed by atoms with Crippen molar-refractivity contribution in [2.45, 2.75) is 77.8 Å². The quantitative estimate of drug-likeness (QED) is 0.130. The van der Waals surface area contributed by atoms with Gasteiger partial charge in [-0.1, -0.05) is 48.5 Å². The number of ether oxygens (including phenoxy) is 7. The van der Waals surface area contributed by atoms with E-state index in [2.05, 4.69) is 0 Å². The lowest BCUT2D eigenvalue weighted by Gasteiger charge is -2.44. The molecule has 55 heavy (non-hydrogen) atoms. The molecule has 0 radical (unpaired) electrons. The summed E-state index contributed by atoms with van der Waals surface area (Å²) in [6, 6.07) is 21.0. The normalized spacial score (nSPS) is 19.1. The number of carbonyl (C=O) groups excluding carboxylic acids is 6. The van der Waals surface area contributed by atoms with Crippen LogP contribution in [-0.4, -0.2) is 85.1 Å². The van der Waals surface area contributed by atoms with Crippen LogP contribution in [0.2, 0.25) is 0 Å². The van der Waals surface area contributed by atoms with Crippen molar-refractivity contribution in [2.75, 3.05) is 13.7 Å². The molecular formula is C40H41NO14. The number of hydrogen-bond acceptors (Lipinski definition) is 14. The molecule has 0 spiro atoms. The first kappa shape index (κ1) is 40.0. The molecule has 15 heteroatoms. The molecule has 15 nitrogen and oxygen atoms in total. The van der Waals surface area contributed by atoms with Crippen LogP contribution >= 0.6 is 0 Å². The lowest BCUT2D eigenvalue weighted by atomic mass is 9.98. The van der Waals surface area contributed by atoms with Gasteiger partial charge in [-0.15, -0.1) is 0 Å². The predicted molar refractivity (Wildman–Crippen MR) is 191 cm³/mol. The third-order valence-electron chi connectivity index (χ3n) is 8.50. The van der Waals surface area contributed by atoms with Gasteiger partial charge in [-0.05, 0) is 48.2 Å². The fourth-order valence-corrected chi connectivity index (χ4v) is 6.00. The molecule has 5 rings (SSSR count). The van der Waals surface area contributed by atoms with E-state index >= 15 is 0 Å². The van der Waals surface area contributed by atoms with Crippen LogP contribution in [0.25, 0.3) is 11.0 Å². The van der Waals surface area contributed by atoms with Crippen LogP contribution in [-0.2, 0) is 67.0 Å². The van der Waals surface area contributed by atoms with Crippen molar-refractivity contribution in [2.24, 2.45) is 0 Å². The summed E-state index contributed by atoms with van der Waals surface area (Å²) in [6.07, 6.45) is -4.99. The number of fused-ring (bicyclic) bond motifs is 1. The first-order valence-electron chi connectivity index (χ1n) is 17.3. The van der Waals surface area contributed by atoms with E-state index < -0.39 is 73.2 Å². The first-order valence-corrected chi connectivity index (χ1v) is 17.3. The Morgan fingerprint density at radius 3 is 1.98 bits per heavy atom. The van der Waals surface area contributed by atoms with E-state index in [1.54, 1.807) is 48.7 Å². The van der Waals surface area contributed by atoms with Gasteiger partial charge in [0, 0.05) is 45.9 Å². The van der Waals surface area contributed by atoms with Gasteiger partial charge in [0.2, 0.25) is 12.4 Å². The second kappa shape index (κ2) is 18.2. The van der Waals surface area contributed by atoms with Crippen molar-refractivity contribution >= 4 is 46.8 Å². The molecule has 1 saturated heterocycles. The minimum absolute atomic E-state index is 0.0358. The van der Waals surface area contributed by atoms with Gasteiger partial charge < -0.3 is 37.6 Å². The summed E-state index contributed by atoms with van der Waals surface area (Å²) >= 11 is 0. The maximum atomic E-state index is 13.0. The van der Waals surface area contributed by atoms with Crippen molar-refractivity contribution in [3.63, 3.8) is 0 Å². The molecule has 0 bridgehead atoms. The number of amides is 2. The van der Waals surface area contributed by atoms with Gasteiger partial charge >= 0.3 is 30.0 Å². The van der Waals surface area contributed by atoms with E-state index in [4.69, 9.17) is 37.6 Å². The van der Waals surface area contributed by atoms with Gasteiger partial charge in [-0.2, -0.15) is 0 Å². The molecule has 2 amide bonds. The zero-order valence-electron chi connectivity index (χ0n) is 30.9. The summed E-state index contributed by atoms with van der Waals surface area (Å²) in [4.78, 5) is 74.8. The van der Waals surface area contributed by atoms with E-state index in [0.717, 1.165) is 42.4 Å². The number of aryl methyl sites for hydroxylation is 2. The van der Waals surface area contributed by atoms with Gasteiger partial charge in [-0.25, -0.2) is 9.69 Å². The SMILES string of the molecule is CC(=O)OC[C@H]1O[C@@H](Oc2cccc3occ(CCc4ccc(C(=O)N(C)C(=O)OCc5ccccc5)cc4)c23)[C@H](OC(C)=O)[C@@H](OC(C)=O)[C@@H]1OC(C)=O. The van der Waals surface area contributed by atoms with Gasteiger partial charge in [0.1, 0.15) is 30.7 Å². The highest BCUT2D eigenvalue weighted by molar-refractivity contribution is 6.02. The molecule has 0 unspecified atom stereocenters. The van der Waals surface area contributed by atoms with Crippen LogP contribution < -0.4 is 4.74 Å². The number of benzene rings is 3. The number of imide groups is 1. The third-order valence-corrected chi connectivity index (χ3v) is 8.50. The van der Waals surface area contributed by atoms with Crippen LogP contribution in [0.15, 0.2) is 83.5 Å². The van der Waals surface area contributed by atoms with Gasteiger partial charge in [0.15, 0.2) is 12.2 Å². The Bertz CT molecular complexity index is 2010. The van der Waals surface area contributed by atoms with Crippen LogP contribution in [0.4, 0.5) is 4.79 Å². The molecule has 1 aliphatic rings. The summed E-state index contributed by atoms with van der Waals surface area (Å²) in [5.41, 5.74) is 3.21. The van der Waals surface area contributed by atoms with E-state index in [-0.39, 0.29) is 12.4 Å². The zero-order chi connectivity index (χ0) is 39.6. The van der Waals surface area contributed by atoms with E-state index in [1.807, 2.05) is 30.3 Å². The van der Waals surface area contributed by atoms with E-state index in [1.165, 1.54) is 14.0 Å². The zero-order valence-corrected chi connectivity index (χ0v) is 30.9. The topological polar surface area (TPSA) is 183 Å². The summed E-state index contributed by atoms with van der Waals surface area (Å²) in [5.74, 6) is -3.17. The second-order valence-corrected chi connectivity index (χ2v) is 12.7. The minimum atomic E-state index is -1.44. The lowest BCUT2D eigenvalue weighted by molar-refractivity contribution is -0.288. The molecule has 0 N–H and O–H groups in total. The minimum Gasteiger partial charge on any atom is -0.464 e. The molecule has 0 aliphatic carbocycles. The average molecular weight is 760 g/mol. The van der Waals surface area contributed by atoms with E-state index in [9.17, 15) is 28.8 Å². The Labute approximate surface area is 316 Å². The Hall–Kier alpha value is -6.22. The fourth-order valence-electron chi connectivity index (χ4n) is 6.00. The molecule has 2 heterocycles. The molecule has 3 aromatic carbocycles. The van der Waals surface area contributed by atoms with Crippen molar-refractivity contribution in [3.05, 3.63) is 101 Å². The maximum absolute atomic E-state index is 13.0. The Morgan fingerprint density at radius 1 is 0.673 bits per heavy atom. The van der Waals surface area contributed by atoms with Crippen molar-refractivity contribution < 1.29 is 66.3 Å². The van der Waals surface area contributed by atoms with Crippen LogP contribution in [0.5, 0.6) is 5.75 Å². The number of hydrogen-bond donors (Lipinski definition) is 0. The van der Waals surface area contributed by atoms with Crippen LogP contribution in [0.3, 0.4) is 0 Å². The Morgan fingerprint density at radius 2 is 1.33 bits per heavy atom. The summed E-state index contributed by atoms with van der Waals surface area (Å²) in [7, 11) is 1.36. The van der Waals surface area contributed by atoms with Gasteiger partial charge in [-0.3, -0.25) is 24.0 Å². The number of furan rings is 1. The Balaban J connectivity index is 1.33. The molecule has 1 aliphatic heterocycles. The molecule has 290 valence electrons. The molecule has 1 fully saturated rings. The number of rotatable bonds is 13. The fraction of sp³-hybridized carbons (Fsp3) is 0.350. The van der Waals surface area contributed by atoms with Gasteiger partial charge in [0.05, 0.1) is 11.6 Å². The molecule has 0 saturated carbocycles. The number of nitrogens with zero attached hydrogens (tertiary/aromatic N) is 1. The second-order valence-electron chi connectivity index (χ2n) is 12.7. The lowest BCUT2D eigenvalue weighted by Crippen LogP contribution is -2.63. The van der Waals surface area contributed by atoms with Crippen molar-refractivity contribution in [1.29, 1.82) is 0 Å². The van der Waals surface area contributed by atoms with Gasteiger partial charge in [0.25, 0.3) is 5.91 Å². The number of carbonyl (C=O) groups is 6. The van der Waals surface area contributed by atoms with E-state index in [0.29, 0.717) is 29.4 Å². The summed E-state index contributed by atoms with van der Waals surface area (Å²) in [6.45, 7) is 4.23. The summed E-state index contributed by atoms with van der Waals surface area (Å²) in [5, 5.41) is 0.581. The standard InChI is InChI=1S/C40H41NO14/c1-23(42)48-22-33-35(51-24(2)43)36(52-25(3)44)37(53-26(4)45)39(55-33)54-32-13-9-12-31-34(32)30(21-49-31)19-16-27-14-17-29(18-15-27)38(46)41(5)40(47)50-20-28-10-7-6-8-11-28/h6-15,17-18,21,33,35-37,39H,16,19-20,22H2,1-5H3/t33-,35-,36+,37-,39-/m1/s1. The molecular weight excluding hydrogens is 718 g/mol. The smallest absolute Gasteiger partial charge is 0.416 e. The maximum Gasteiger partial charge on any atom is 0.416 e. The molecule has 5 atom stereocenters. The van der Waals surface area contributed by atoms with Crippen molar-refractivity contribution in [1.82, 2.24) is 4.90 Å². The van der Waals surface area contributed by atoms with Crippen molar-refractivity contribution in [3.8, 4) is 5.75 Å². The first-order chi connectivity index (χ1) is 26.3. The average Bonchev–Trinajstić information content (AvgIpc) is 3.58. The largest absolute Gasteiger partial charge is 0.464 e. The monoisotopic (exact) mass is 759 g/mol. The summed E-state index contributed by atoms with van der Waals surface area (Å²) < 4.78 is 45.3. The third kappa shape index (κ3) is 10.5. The highest BCUT2D eigenvalue weighted by Crippen LogP contribution is 2.36. The van der Waals surface area contributed by atoms with Crippen LogP contribution in [0, 0.1) is 0 Å². The molecule has 1 aromatic heterocycles.